The van der Waals surface area contributed by atoms with Crippen molar-refractivity contribution in [2.45, 2.75) is 26.3 Å². The van der Waals surface area contributed by atoms with Crippen LogP contribution in [0.3, 0.4) is 0 Å². The lowest BCUT2D eigenvalue weighted by molar-refractivity contribution is -0.118. The summed E-state index contributed by atoms with van der Waals surface area (Å²) >= 11 is 0. The van der Waals surface area contributed by atoms with Crippen molar-refractivity contribution in [1.82, 2.24) is 5.32 Å². The third-order valence-electron chi connectivity index (χ3n) is 3.38. The van der Waals surface area contributed by atoms with Crippen molar-refractivity contribution >= 4 is 29.6 Å². The Morgan fingerprint density at radius 2 is 1.50 bits per heavy atom. The molecule has 0 aliphatic rings. The summed E-state index contributed by atoms with van der Waals surface area (Å²) in [5.74, 6) is -1.78. The van der Waals surface area contributed by atoms with Crippen LogP contribution in [0.1, 0.15) is 41.0 Å². The Morgan fingerprint density at radius 1 is 1.00 bits per heavy atom. The Kier molecular flexibility index (Phi) is 7.57. The monoisotopic (exact) mass is 365 g/mol. The van der Waals surface area contributed by atoms with E-state index in [1.54, 1.807) is 0 Å². The number of methoxy groups -OCH3 is 2. The van der Waals surface area contributed by atoms with E-state index in [0.717, 1.165) is 0 Å². The van der Waals surface area contributed by atoms with E-state index < -0.39 is 29.9 Å². The summed E-state index contributed by atoms with van der Waals surface area (Å²) in [6.07, 6.45) is 0.356. The van der Waals surface area contributed by atoms with Crippen LogP contribution < -0.4 is 16.4 Å². The fourth-order valence-corrected chi connectivity index (χ4v) is 2.28. The van der Waals surface area contributed by atoms with E-state index in [1.165, 1.54) is 32.4 Å². The highest BCUT2D eigenvalue weighted by Gasteiger charge is 2.22. The zero-order valence-electron chi connectivity index (χ0n) is 15.1. The molecule has 0 bridgehead atoms. The van der Waals surface area contributed by atoms with Crippen LogP contribution in [0, 0.1) is 5.92 Å². The molecule has 3 amide bonds. The van der Waals surface area contributed by atoms with Gasteiger partial charge >= 0.3 is 18.0 Å². The van der Waals surface area contributed by atoms with Gasteiger partial charge in [-0.1, -0.05) is 13.8 Å². The number of nitrogens with one attached hydrogen (secondary N) is 2. The molecule has 0 heterocycles. The number of nitrogens with two attached hydrogens (primary N) is 1. The zero-order chi connectivity index (χ0) is 19.9. The molecule has 9 nitrogen and oxygen atoms in total. The largest absolute Gasteiger partial charge is 0.465 e. The maximum absolute atomic E-state index is 12.5. The van der Waals surface area contributed by atoms with Gasteiger partial charge in [-0.05, 0) is 30.5 Å². The van der Waals surface area contributed by atoms with Gasteiger partial charge in [0.2, 0.25) is 5.91 Å². The van der Waals surface area contributed by atoms with Crippen LogP contribution in [0.4, 0.5) is 10.5 Å². The van der Waals surface area contributed by atoms with Gasteiger partial charge in [-0.3, -0.25) is 4.79 Å². The number of ether oxygens (including phenoxy) is 2. The van der Waals surface area contributed by atoms with Crippen LogP contribution in [0.5, 0.6) is 0 Å². The SMILES string of the molecule is COC(=O)c1cc(NC(=O)[C@H](CC(C)C)NC(N)=O)cc(C(=O)OC)c1. The second kappa shape index (κ2) is 9.40. The second-order valence-electron chi connectivity index (χ2n) is 5.96. The first-order chi connectivity index (χ1) is 12.2. The Labute approximate surface area is 151 Å². The molecule has 1 aromatic carbocycles. The molecule has 0 saturated carbocycles. The Balaban J connectivity index is 3.15. The van der Waals surface area contributed by atoms with Gasteiger partial charge in [0.15, 0.2) is 0 Å². The van der Waals surface area contributed by atoms with Crippen molar-refractivity contribution in [1.29, 1.82) is 0 Å². The standard InChI is InChI=1S/C17H23N3O6/c1-9(2)5-13(20-17(18)24)14(21)19-12-7-10(15(22)25-3)6-11(8-12)16(23)26-4/h6-9,13H,5H2,1-4H3,(H,19,21)(H3,18,20,24)/t13-/m0/s1. The first-order valence-corrected chi connectivity index (χ1v) is 7.86. The van der Waals surface area contributed by atoms with Gasteiger partial charge in [0.25, 0.3) is 0 Å². The smallest absolute Gasteiger partial charge is 0.337 e. The molecule has 0 aliphatic heterocycles. The van der Waals surface area contributed by atoms with Crippen LogP contribution in [0.15, 0.2) is 18.2 Å². The summed E-state index contributed by atoms with van der Waals surface area (Å²) < 4.78 is 9.28. The van der Waals surface area contributed by atoms with Gasteiger partial charge in [0, 0.05) is 5.69 Å². The predicted molar refractivity (Wildman–Crippen MR) is 93.7 cm³/mol. The van der Waals surface area contributed by atoms with E-state index >= 15 is 0 Å². The van der Waals surface area contributed by atoms with Crippen LogP contribution in [0.2, 0.25) is 0 Å². The van der Waals surface area contributed by atoms with Crippen molar-refractivity contribution < 1.29 is 28.7 Å². The van der Waals surface area contributed by atoms with E-state index in [-0.39, 0.29) is 22.7 Å². The Bertz CT molecular complexity index is 667. The number of anilines is 1. The highest BCUT2D eigenvalue weighted by atomic mass is 16.5. The summed E-state index contributed by atoms with van der Waals surface area (Å²) in [4.78, 5) is 47.2. The molecule has 1 atom stereocenters. The van der Waals surface area contributed by atoms with Gasteiger partial charge in [-0.15, -0.1) is 0 Å². The fourth-order valence-electron chi connectivity index (χ4n) is 2.28. The van der Waals surface area contributed by atoms with E-state index in [9.17, 15) is 19.2 Å². The first kappa shape index (κ1) is 20.9. The van der Waals surface area contributed by atoms with E-state index in [4.69, 9.17) is 5.73 Å². The molecule has 0 aliphatic carbocycles. The van der Waals surface area contributed by atoms with Crippen LogP contribution in [0.25, 0.3) is 0 Å². The lowest BCUT2D eigenvalue weighted by Crippen LogP contribution is -2.46. The Morgan fingerprint density at radius 3 is 1.88 bits per heavy atom. The van der Waals surface area contributed by atoms with E-state index in [2.05, 4.69) is 20.1 Å². The second-order valence-corrected chi connectivity index (χ2v) is 5.96. The van der Waals surface area contributed by atoms with Gasteiger partial charge < -0.3 is 25.8 Å². The average Bonchev–Trinajstić information content (AvgIpc) is 2.58. The number of hydrogen-bond acceptors (Lipinski definition) is 6. The van der Waals surface area contributed by atoms with Crippen LogP contribution in [-0.4, -0.2) is 44.1 Å². The molecule has 0 fully saturated rings. The van der Waals surface area contributed by atoms with Crippen molar-refractivity contribution in [2.24, 2.45) is 11.7 Å². The Hall–Kier alpha value is -3.10. The van der Waals surface area contributed by atoms with Gasteiger partial charge in [-0.2, -0.15) is 0 Å². The summed E-state index contributed by atoms with van der Waals surface area (Å²) in [6.45, 7) is 3.77. The molecule has 1 rings (SSSR count). The van der Waals surface area contributed by atoms with Crippen molar-refractivity contribution in [2.75, 3.05) is 19.5 Å². The van der Waals surface area contributed by atoms with Gasteiger partial charge in [0.1, 0.15) is 6.04 Å². The number of esters is 2. The highest BCUT2D eigenvalue weighted by molar-refractivity contribution is 6.01. The number of benzene rings is 1. The average molecular weight is 365 g/mol. The fraction of sp³-hybridized carbons (Fsp3) is 0.412. The molecule has 0 radical (unpaired) electrons. The molecular weight excluding hydrogens is 342 g/mol. The van der Waals surface area contributed by atoms with Crippen molar-refractivity contribution in [3.63, 3.8) is 0 Å². The molecule has 142 valence electrons. The number of carbonyl (C=O) groups excluding carboxylic acids is 4. The van der Waals surface area contributed by atoms with E-state index in [1.807, 2.05) is 13.8 Å². The lowest BCUT2D eigenvalue weighted by Gasteiger charge is -2.19. The maximum Gasteiger partial charge on any atom is 0.337 e. The van der Waals surface area contributed by atoms with Crippen LogP contribution in [-0.2, 0) is 14.3 Å². The summed E-state index contributed by atoms with van der Waals surface area (Å²) in [5, 5.41) is 4.94. The third-order valence-corrected chi connectivity index (χ3v) is 3.38. The number of urea groups is 1. The third kappa shape index (κ3) is 6.08. The minimum absolute atomic E-state index is 0.0639. The molecule has 0 unspecified atom stereocenters. The lowest BCUT2D eigenvalue weighted by atomic mass is 10.0. The predicted octanol–water partition coefficient (Wildman–Crippen LogP) is 1.28. The normalized spacial score (nSPS) is 11.4. The summed E-state index contributed by atoms with van der Waals surface area (Å²) in [7, 11) is 2.39. The van der Waals surface area contributed by atoms with Crippen LogP contribution >= 0.6 is 0 Å². The number of primary amides is 1. The molecule has 9 heteroatoms. The molecule has 4 N–H and O–H groups in total. The van der Waals surface area contributed by atoms with Crippen molar-refractivity contribution in [3.8, 4) is 0 Å². The molecule has 26 heavy (non-hydrogen) atoms. The van der Waals surface area contributed by atoms with Crippen molar-refractivity contribution in [3.05, 3.63) is 29.3 Å². The van der Waals surface area contributed by atoms with E-state index in [0.29, 0.717) is 6.42 Å². The van der Waals surface area contributed by atoms with Gasteiger partial charge in [0.05, 0.1) is 25.3 Å². The molecular formula is C17H23N3O6. The number of amides is 3. The molecule has 0 saturated heterocycles. The molecule has 0 spiro atoms. The molecule has 1 aromatic rings. The summed E-state index contributed by atoms with van der Waals surface area (Å²) in [6, 6.07) is 2.31. The zero-order valence-corrected chi connectivity index (χ0v) is 15.1. The highest BCUT2D eigenvalue weighted by Crippen LogP contribution is 2.18. The summed E-state index contributed by atoms with van der Waals surface area (Å²) in [5.41, 5.74) is 5.42. The number of rotatable bonds is 7. The topological polar surface area (TPSA) is 137 Å². The maximum atomic E-state index is 12.5. The minimum Gasteiger partial charge on any atom is -0.465 e. The first-order valence-electron chi connectivity index (χ1n) is 7.86. The minimum atomic E-state index is -0.865. The van der Waals surface area contributed by atoms with Gasteiger partial charge in [-0.25, -0.2) is 14.4 Å². The molecule has 0 aromatic heterocycles. The quantitative estimate of drug-likeness (QED) is 0.623. The number of hydrogen-bond donors (Lipinski definition) is 3. The number of carbonyl (C=O) groups is 4.